The molecular weight excluding hydrogens is 274 g/mol. The van der Waals surface area contributed by atoms with Crippen molar-refractivity contribution in [2.24, 2.45) is 0 Å². The molecule has 1 aliphatic heterocycles. The van der Waals surface area contributed by atoms with Gasteiger partial charge in [0.25, 0.3) is 0 Å². The zero-order valence-corrected chi connectivity index (χ0v) is 12.8. The molecule has 2 aliphatic rings. The van der Waals surface area contributed by atoms with E-state index in [1.807, 2.05) is 26.0 Å². The predicted octanol–water partition coefficient (Wildman–Crippen LogP) is 3.33. The predicted molar refractivity (Wildman–Crippen MR) is 80.1 cm³/mol. The Morgan fingerprint density at radius 3 is 2.80 bits per heavy atom. The summed E-state index contributed by atoms with van der Waals surface area (Å²) < 4.78 is 11.4. The van der Waals surface area contributed by atoms with Crippen LogP contribution in [0.5, 0.6) is 0 Å². The highest BCUT2D eigenvalue weighted by Gasteiger charge is 2.35. The maximum absolute atomic E-state index is 6.03. The van der Waals surface area contributed by atoms with Gasteiger partial charge in [-0.25, -0.2) is 0 Å². The SMILES string of the molecule is CC1(C)OCC(CNC2CC(c3cccc(Cl)c3)C2)O1. The molecular formula is C16H22ClNO2. The zero-order chi connectivity index (χ0) is 14.2. The maximum Gasteiger partial charge on any atom is 0.163 e. The zero-order valence-electron chi connectivity index (χ0n) is 12.1. The second-order valence-corrected chi connectivity index (χ2v) is 6.72. The van der Waals surface area contributed by atoms with Crippen LogP contribution < -0.4 is 5.32 Å². The summed E-state index contributed by atoms with van der Waals surface area (Å²) in [7, 11) is 0. The van der Waals surface area contributed by atoms with Gasteiger partial charge >= 0.3 is 0 Å². The Hall–Kier alpha value is -0.610. The number of nitrogens with one attached hydrogen (secondary N) is 1. The van der Waals surface area contributed by atoms with E-state index in [-0.39, 0.29) is 6.10 Å². The van der Waals surface area contributed by atoms with Crippen LogP contribution in [0.1, 0.15) is 38.2 Å². The molecule has 0 aromatic heterocycles. The van der Waals surface area contributed by atoms with E-state index in [0.29, 0.717) is 18.6 Å². The van der Waals surface area contributed by atoms with E-state index < -0.39 is 5.79 Å². The van der Waals surface area contributed by atoms with Gasteiger partial charge in [-0.15, -0.1) is 0 Å². The lowest BCUT2D eigenvalue weighted by atomic mass is 9.76. The second kappa shape index (κ2) is 5.64. The standard InChI is InChI=1S/C16H22ClNO2/c1-16(2)19-10-15(20-16)9-18-14-7-12(8-14)11-4-3-5-13(17)6-11/h3-6,12,14-15,18H,7-10H2,1-2H3. The van der Waals surface area contributed by atoms with E-state index in [9.17, 15) is 0 Å². The highest BCUT2D eigenvalue weighted by molar-refractivity contribution is 6.30. The van der Waals surface area contributed by atoms with Crippen LogP contribution in [-0.4, -0.2) is 31.1 Å². The first kappa shape index (κ1) is 14.3. The Morgan fingerprint density at radius 1 is 1.35 bits per heavy atom. The number of benzene rings is 1. The molecule has 1 unspecified atom stereocenters. The smallest absolute Gasteiger partial charge is 0.163 e. The average molecular weight is 296 g/mol. The number of hydrogen-bond donors (Lipinski definition) is 1. The summed E-state index contributed by atoms with van der Waals surface area (Å²) in [5.41, 5.74) is 1.36. The summed E-state index contributed by atoms with van der Waals surface area (Å²) in [4.78, 5) is 0. The van der Waals surface area contributed by atoms with Crippen molar-refractivity contribution in [3.8, 4) is 0 Å². The molecule has 0 spiro atoms. The molecule has 3 rings (SSSR count). The van der Waals surface area contributed by atoms with Crippen molar-refractivity contribution in [3.05, 3.63) is 34.9 Å². The van der Waals surface area contributed by atoms with Gasteiger partial charge in [-0.2, -0.15) is 0 Å². The van der Waals surface area contributed by atoms with Gasteiger partial charge in [0, 0.05) is 17.6 Å². The van der Waals surface area contributed by atoms with Crippen molar-refractivity contribution >= 4 is 11.6 Å². The quantitative estimate of drug-likeness (QED) is 0.924. The van der Waals surface area contributed by atoms with Gasteiger partial charge in [0.15, 0.2) is 5.79 Å². The monoisotopic (exact) mass is 295 g/mol. The fraction of sp³-hybridized carbons (Fsp3) is 0.625. The minimum atomic E-state index is -0.421. The highest BCUT2D eigenvalue weighted by atomic mass is 35.5. The van der Waals surface area contributed by atoms with E-state index in [1.54, 1.807) is 0 Å². The lowest BCUT2D eigenvalue weighted by molar-refractivity contribution is -0.138. The van der Waals surface area contributed by atoms with E-state index in [2.05, 4.69) is 17.4 Å². The first-order valence-electron chi connectivity index (χ1n) is 7.32. The van der Waals surface area contributed by atoms with E-state index in [0.717, 1.165) is 11.6 Å². The van der Waals surface area contributed by atoms with Crippen LogP contribution in [0, 0.1) is 0 Å². The van der Waals surface area contributed by atoms with Gasteiger partial charge in [0.05, 0.1) is 12.7 Å². The van der Waals surface area contributed by atoms with Crippen molar-refractivity contribution in [2.75, 3.05) is 13.2 Å². The molecule has 1 heterocycles. The van der Waals surface area contributed by atoms with Crippen molar-refractivity contribution in [2.45, 2.75) is 50.5 Å². The van der Waals surface area contributed by atoms with E-state index in [4.69, 9.17) is 21.1 Å². The summed E-state index contributed by atoms with van der Waals surface area (Å²) in [6, 6.07) is 8.80. The third kappa shape index (κ3) is 3.34. The minimum absolute atomic E-state index is 0.176. The summed E-state index contributed by atoms with van der Waals surface area (Å²) in [6.07, 6.45) is 2.53. The van der Waals surface area contributed by atoms with Gasteiger partial charge in [-0.05, 0) is 50.3 Å². The fourth-order valence-corrected chi connectivity index (χ4v) is 3.18. The van der Waals surface area contributed by atoms with Crippen molar-refractivity contribution in [1.29, 1.82) is 0 Å². The Bertz CT molecular complexity index is 471. The average Bonchev–Trinajstić information content (AvgIpc) is 2.67. The Kier molecular flexibility index (Phi) is 4.04. The summed E-state index contributed by atoms with van der Waals surface area (Å²) in [5, 5.41) is 4.41. The highest BCUT2D eigenvalue weighted by Crippen LogP contribution is 2.37. The summed E-state index contributed by atoms with van der Waals surface area (Å²) in [6.45, 7) is 5.48. The van der Waals surface area contributed by atoms with Crippen LogP contribution in [0.2, 0.25) is 5.02 Å². The van der Waals surface area contributed by atoms with Crippen LogP contribution >= 0.6 is 11.6 Å². The largest absolute Gasteiger partial charge is 0.348 e. The molecule has 20 heavy (non-hydrogen) atoms. The minimum Gasteiger partial charge on any atom is -0.348 e. The molecule has 1 aliphatic carbocycles. The number of ether oxygens (including phenoxy) is 2. The second-order valence-electron chi connectivity index (χ2n) is 6.28. The van der Waals surface area contributed by atoms with Gasteiger partial charge < -0.3 is 14.8 Å². The van der Waals surface area contributed by atoms with Crippen LogP contribution in [0.15, 0.2) is 24.3 Å². The molecule has 1 aromatic rings. The van der Waals surface area contributed by atoms with Gasteiger partial charge in [0.2, 0.25) is 0 Å². The Labute approximate surface area is 125 Å². The molecule has 0 bridgehead atoms. The van der Waals surface area contributed by atoms with Crippen LogP contribution in [0.4, 0.5) is 0 Å². The van der Waals surface area contributed by atoms with Crippen molar-refractivity contribution in [1.82, 2.24) is 5.32 Å². The molecule has 1 aromatic carbocycles. The van der Waals surface area contributed by atoms with Gasteiger partial charge in [0.1, 0.15) is 0 Å². The lowest BCUT2D eigenvalue weighted by Gasteiger charge is -2.37. The molecule has 110 valence electrons. The van der Waals surface area contributed by atoms with Gasteiger partial charge in [-0.1, -0.05) is 23.7 Å². The first-order valence-corrected chi connectivity index (χ1v) is 7.70. The molecule has 2 fully saturated rings. The van der Waals surface area contributed by atoms with Gasteiger partial charge in [-0.3, -0.25) is 0 Å². The number of halogens is 1. The third-order valence-corrected chi connectivity index (χ3v) is 4.39. The Morgan fingerprint density at radius 2 is 2.15 bits per heavy atom. The summed E-state index contributed by atoms with van der Waals surface area (Å²) >= 11 is 6.03. The normalized spacial score (nSPS) is 32.0. The number of hydrogen-bond acceptors (Lipinski definition) is 3. The molecule has 1 saturated carbocycles. The molecule has 1 saturated heterocycles. The van der Waals surface area contributed by atoms with Crippen molar-refractivity contribution in [3.63, 3.8) is 0 Å². The summed E-state index contributed by atoms with van der Waals surface area (Å²) in [5.74, 6) is 0.221. The third-order valence-electron chi connectivity index (χ3n) is 4.16. The van der Waals surface area contributed by atoms with E-state index >= 15 is 0 Å². The fourth-order valence-electron chi connectivity index (χ4n) is 2.98. The van der Waals surface area contributed by atoms with E-state index in [1.165, 1.54) is 18.4 Å². The van der Waals surface area contributed by atoms with Crippen molar-refractivity contribution < 1.29 is 9.47 Å². The lowest BCUT2D eigenvalue weighted by Crippen LogP contribution is -2.44. The number of rotatable bonds is 4. The van der Waals surface area contributed by atoms with Crippen LogP contribution in [0.3, 0.4) is 0 Å². The molecule has 4 heteroatoms. The Balaban J connectivity index is 1.41. The molecule has 0 amide bonds. The molecule has 3 nitrogen and oxygen atoms in total. The molecule has 1 N–H and O–H groups in total. The van der Waals surface area contributed by atoms with Crippen LogP contribution in [0.25, 0.3) is 0 Å². The first-order chi connectivity index (χ1) is 9.52. The molecule has 0 radical (unpaired) electrons. The topological polar surface area (TPSA) is 30.5 Å². The molecule has 1 atom stereocenters. The maximum atomic E-state index is 6.03. The van der Waals surface area contributed by atoms with Crippen LogP contribution in [-0.2, 0) is 9.47 Å².